The van der Waals surface area contributed by atoms with Crippen molar-refractivity contribution in [3.63, 3.8) is 0 Å². The first kappa shape index (κ1) is 12.1. The predicted octanol–water partition coefficient (Wildman–Crippen LogP) is 3.63. The average molecular weight is 351 g/mol. The smallest absolute Gasteiger partial charge is 0.170 e. The molecule has 0 fully saturated rings. The van der Waals surface area contributed by atoms with Gasteiger partial charge in [0.2, 0.25) is 0 Å². The Bertz CT molecular complexity index is 134. The van der Waals surface area contributed by atoms with Crippen molar-refractivity contribution in [2.24, 2.45) is 0 Å². The third-order valence-corrected chi connectivity index (χ3v) is 3.56. The van der Waals surface area contributed by atoms with Crippen LogP contribution in [0, 0.1) is 0 Å². The summed E-state index contributed by atoms with van der Waals surface area (Å²) in [5, 5.41) is 0.396. The van der Waals surface area contributed by atoms with Crippen LogP contribution in [0.2, 0.25) is 0 Å². The van der Waals surface area contributed by atoms with Gasteiger partial charge in [0.25, 0.3) is 0 Å². The van der Waals surface area contributed by atoms with Gasteiger partial charge in [0.15, 0.2) is 5.78 Å². The van der Waals surface area contributed by atoms with Crippen LogP contribution in [-0.2, 0) is 4.79 Å². The van der Waals surface area contributed by atoms with Crippen molar-refractivity contribution in [3.8, 4) is 0 Å². The summed E-state index contributed by atoms with van der Waals surface area (Å²) in [5.74, 6) is 0.144. The van der Waals surface area contributed by atoms with Gasteiger partial charge in [-0.25, -0.2) is 0 Å². The molecule has 0 aliphatic heterocycles. The summed E-state index contributed by atoms with van der Waals surface area (Å²) < 4.78 is -0.500. The van der Waals surface area contributed by atoms with Gasteiger partial charge in [-0.05, 0) is 6.42 Å². The summed E-state index contributed by atoms with van der Waals surface area (Å²) in [5.41, 5.74) is 0. The van der Waals surface area contributed by atoms with Crippen LogP contribution >= 0.6 is 47.8 Å². The lowest BCUT2D eigenvalue weighted by Crippen LogP contribution is -2.25. The maximum absolute atomic E-state index is 11.2. The zero-order valence-electron chi connectivity index (χ0n) is 6.37. The number of hydrogen-bond acceptors (Lipinski definition) is 1. The molecule has 4 heteroatoms. The van der Waals surface area contributed by atoms with Gasteiger partial charge in [0, 0.05) is 0 Å². The second-order valence-corrected chi connectivity index (χ2v) is 6.70. The highest BCUT2D eigenvalue weighted by Crippen LogP contribution is 2.33. The molecule has 0 heterocycles. The molecule has 0 rings (SSSR count). The molecule has 0 N–H and O–H groups in total. The van der Waals surface area contributed by atoms with Crippen molar-refractivity contribution in [3.05, 3.63) is 0 Å². The van der Waals surface area contributed by atoms with E-state index in [-0.39, 0.29) is 5.78 Å². The molecule has 1 nitrogen and oxygen atoms in total. The molecule has 0 aliphatic carbocycles. The minimum absolute atomic E-state index is 0.144. The van der Waals surface area contributed by atoms with Gasteiger partial charge in [-0.1, -0.05) is 67.6 Å². The Hall–Kier alpha value is 1.11. The molecule has 0 bridgehead atoms. The fraction of sp³-hybridized carbons (Fsp3) is 0.857. The van der Waals surface area contributed by atoms with Crippen molar-refractivity contribution in [2.45, 2.75) is 29.4 Å². The lowest BCUT2D eigenvalue weighted by atomic mass is 10.1. The molecule has 0 radical (unpaired) electrons. The normalized spacial score (nSPS) is 11.6. The number of hydrogen-bond donors (Lipinski definition) is 0. The van der Waals surface area contributed by atoms with E-state index in [1.165, 1.54) is 0 Å². The van der Waals surface area contributed by atoms with Gasteiger partial charge < -0.3 is 0 Å². The van der Waals surface area contributed by atoms with Crippen LogP contribution in [0.1, 0.15) is 26.2 Å². The molecule has 66 valence electrons. The van der Waals surface area contributed by atoms with E-state index in [2.05, 4.69) is 54.7 Å². The van der Waals surface area contributed by atoms with Crippen molar-refractivity contribution < 1.29 is 4.79 Å². The Morgan fingerprint density at radius 2 is 2.00 bits per heavy atom. The van der Waals surface area contributed by atoms with Crippen molar-refractivity contribution in [2.75, 3.05) is 5.33 Å². The molecule has 11 heavy (non-hydrogen) atoms. The highest BCUT2D eigenvalue weighted by atomic mass is 79.9. The standard InChI is InChI=1S/C7H11Br3O/c1-2-3-4-7(9,10)6(11)5-8/h2-5H2,1H3. The summed E-state index contributed by atoms with van der Waals surface area (Å²) in [6, 6.07) is 0. The molecular formula is C7H11Br3O. The van der Waals surface area contributed by atoms with Crippen LogP contribution < -0.4 is 0 Å². The highest BCUT2D eigenvalue weighted by molar-refractivity contribution is 9.26. The molecule has 0 spiro atoms. The van der Waals surface area contributed by atoms with E-state index in [4.69, 9.17) is 0 Å². The highest BCUT2D eigenvalue weighted by Gasteiger charge is 2.29. The molecule has 0 aromatic heterocycles. The maximum Gasteiger partial charge on any atom is 0.170 e. The monoisotopic (exact) mass is 348 g/mol. The van der Waals surface area contributed by atoms with E-state index in [9.17, 15) is 4.79 Å². The van der Waals surface area contributed by atoms with Crippen LogP contribution in [0.25, 0.3) is 0 Å². The number of ketones is 1. The molecule has 0 unspecified atom stereocenters. The predicted molar refractivity (Wildman–Crippen MR) is 58.9 cm³/mol. The zero-order chi connectivity index (χ0) is 8.91. The Kier molecular flexibility index (Phi) is 6.28. The van der Waals surface area contributed by atoms with Gasteiger partial charge in [-0.15, -0.1) is 0 Å². The van der Waals surface area contributed by atoms with E-state index in [1.54, 1.807) is 0 Å². The molecule has 0 amide bonds. The van der Waals surface area contributed by atoms with E-state index in [0.29, 0.717) is 5.33 Å². The lowest BCUT2D eigenvalue weighted by Gasteiger charge is -2.16. The van der Waals surface area contributed by atoms with Crippen molar-refractivity contribution in [1.29, 1.82) is 0 Å². The molecule has 0 aromatic rings. The van der Waals surface area contributed by atoms with Gasteiger partial charge >= 0.3 is 0 Å². The molecule has 0 aliphatic rings. The average Bonchev–Trinajstić information content (AvgIpc) is 1.99. The Morgan fingerprint density at radius 3 is 2.36 bits per heavy atom. The number of carbonyl (C=O) groups is 1. The number of unbranched alkanes of at least 4 members (excludes halogenated alkanes) is 1. The quantitative estimate of drug-likeness (QED) is 0.692. The molecule has 0 aromatic carbocycles. The fourth-order valence-electron chi connectivity index (χ4n) is 0.636. The topological polar surface area (TPSA) is 17.1 Å². The van der Waals surface area contributed by atoms with Crippen LogP contribution in [0.5, 0.6) is 0 Å². The number of alkyl halides is 3. The van der Waals surface area contributed by atoms with Crippen LogP contribution in [0.3, 0.4) is 0 Å². The maximum atomic E-state index is 11.2. The summed E-state index contributed by atoms with van der Waals surface area (Å²) in [6.45, 7) is 2.11. The van der Waals surface area contributed by atoms with Crippen molar-refractivity contribution in [1.82, 2.24) is 0 Å². The van der Waals surface area contributed by atoms with Gasteiger partial charge in [-0.3, -0.25) is 4.79 Å². The summed E-state index contributed by atoms with van der Waals surface area (Å²) in [7, 11) is 0. The van der Waals surface area contributed by atoms with E-state index >= 15 is 0 Å². The van der Waals surface area contributed by atoms with Crippen LogP contribution in [-0.4, -0.2) is 14.3 Å². The first-order valence-corrected chi connectivity index (χ1v) is 6.22. The molecule has 0 saturated heterocycles. The van der Waals surface area contributed by atoms with Gasteiger partial charge in [-0.2, -0.15) is 0 Å². The third kappa shape index (κ3) is 4.63. The molecule has 0 saturated carbocycles. The number of carbonyl (C=O) groups excluding carboxylic acids is 1. The van der Waals surface area contributed by atoms with E-state index < -0.39 is 3.23 Å². The first-order chi connectivity index (χ1) is 5.04. The summed E-state index contributed by atoms with van der Waals surface area (Å²) >= 11 is 9.82. The third-order valence-electron chi connectivity index (χ3n) is 1.37. The minimum atomic E-state index is -0.500. The zero-order valence-corrected chi connectivity index (χ0v) is 11.1. The van der Waals surface area contributed by atoms with Crippen LogP contribution in [0.4, 0.5) is 0 Å². The Balaban J connectivity index is 3.88. The summed E-state index contributed by atoms with van der Waals surface area (Å²) in [4.78, 5) is 11.2. The largest absolute Gasteiger partial charge is 0.296 e. The SMILES string of the molecule is CCCCC(Br)(Br)C(=O)CBr. The second-order valence-electron chi connectivity index (χ2n) is 2.36. The lowest BCUT2D eigenvalue weighted by molar-refractivity contribution is -0.116. The van der Waals surface area contributed by atoms with Crippen molar-refractivity contribution >= 4 is 53.6 Å². The minimum Gasteiger partial charge on any atom is -0.296 e. The second kappa shape index (κ2) is 5.70. The van der Waals surface area contributed by atoms with E-state index in [1.807, 2.05) is 0 Å². The van der Waals surface area contributed by atoms with Crippen LogP contribution in [0.15, 0.2) is 0 Å². The van der Waals surface area contributed by atoms with Gasteiger partial charge in [0.05, 0.1) is 5.33 Å². The number of rotatable bonds is 5. The number of halogens is 3. The van der Waals surface area contributed by atoms with Gasteiger partial charge in [0.1, 0.15) is 3.23 Å². The fourth-order valence-corrected chi connectivity index (χ4v) is 2.71. The Morgan fingerprint density at radius 1 is 1.45 bits per heavy atom. The first-order valence-electron chi connectivity index (χ1n) is 3.51. The summed E-state index contributed by atoms with van der Waals surface area (Å²) in [6.07, 6.45) is 3.00. The van der Waals surface area contributed by atoms with E-state index in [0.717, 1.165) is 19.3 Å². The molecule has 0 atom stereocenters. The Labute approximate surface area is 92.7 Å². The number of Topliss-reactive ketones (excluding diaryl/α,β-unsaturated/α-hetero) is 1. The molecular weight excluding hydrogens is 340 g/mol.